The van der Waals surface area contributed by atoms with Gasteiger partial charge in [-0.3, -0.25) is 14.6 Å². The van der Waals surface area contributed by atoms with E-state index in [1.807, 2.05) is 31.2 Å². The van der Waals surface area contributed by atoms with E-state index >= 15 is 0 Å². The van der Waals surface area contributed by atoms with Crippen molar-refractivity contribution in [1.82, 2.24) is 24.8 Å². The van der Waals surface area contributed by atoms with Gasteiger partial charge in [0.05, 0.1) is 0 Å². The van der Waals surface area contributed by atoms with Crippen LogP contribution in [0.15, 0.2) is 54.2 Å². The number of hydrogen-bond acceptors (Lipinski definition) is 6. The number of aryl methyl sites for hydroxylation is 1. The number of rotatable bonds is 7. The Hall–Kier alpha value is -3.13. The number of carbonyl (C=O) groups excluding carboxylic acids is 2. The maximum Gasteiger partial charge on any atom is 0.276 e. The summed E-state index contributed by atoms with van der Waals surface area (Å²) in [6.07, 6.45) is 8.66. The number of nitrogens with one attached hydrogen (secondary N) is 1. The molecule has 3 aromatic rings. The molecule has 1 N–H and O–H groups in total. The van der Waals surface area contributed by atoms with Gasteiger partial charge in [0.15, 0.2) is 5.69 Å². The predicted molar refractivity (Wildman–Crippen MR) is 123 cm³/mol. The monoisotopic (exact) mass is 449 g/mol. The van der Waals surface area contributed by atoms with Gasteiger partial charge in [-0.25, -0.2) is 0 Å². The zero-order valence-electron chi connectivity index (χ0n) is 18.1. The van der Waals surface area contributed by atoms with Crippen molar-refractivity contribution < 1.29 is 9.59 Å². The van der Waals surface area contributed by atoms with E-state index in [2.05, 4.69) is 19.9 Å². The van der Waals surface area contributed by atoms with Crippen molar-refractivity contribution in [1.29, 1.82) is 0 Å². The van der Waals surface area contributed by atoms with Crippen LogP contribution in [0.25, 0.3) is 0 Å². The van der Waals surface area contributed by atoms with Gasteiger partial charge in [-0.15, -0.1) is 5.10 Å². The molecule has 2 aromatic heterocycles. The maximum absolute atomic E-state index is 13.6. The van der Waals surface area contributed by atoms with E-state index in [9.17, 15) is 9.59 Å². The number of benzene rings is 1. The van der Waals surface area contributed by atoms with Crippen molar-refractivity contribution in [2.24, 2.45) is 0 Å². The van der Waals surface area contributed by atoms with Crippen LogP contribution in [0, 0.1) is 6.92 Å². The van der Waals surface area contributed by atoms with E-state index in [-0.39, 0.29) is 30.1 Å². The molecular weight excluding hydrogens is 422 g/mol. The van der Waals surface area contributed by atoms with Crippen LogP contribution in [0.5, 0.6) is 0 Å². The van der Waals surface area contributed by atoms with Crippen molar-refractivity contribution in [3.8, 4) is 0 Å². The van der Waals surface area contributed by atoms with Gasteiger partial charge in [0.1, 0.15) is 6.04 Å². The van der Waals surface area contributed by atoms with Crippen LogP contribution in [-0.2, 0) is 11.3 Å². The number of amides is 2. The van der Waals surface area contributed by atoms with Crippen LogP contribution in [-0.4, -0.2) is 37.3 Å². The third-order valence-corrected chi connectivity index (χ3v) is 6.35. The molecule has 0 unspecified atom stereocenters. The van der Waals surface area contributed by atoms with E-state index in [1.165, 1.54) is 6.42 Å². The third kappa shape index (κ3) is 5.37. The van der Waals surface area contributed by atoms with E-state index in [1.54, 1.807) is 34.8 Å². The Bertz CT molecular complexity index is 1020. The van der Waals surface area contributed by atoms with Crippen LogP contribution in [0.2, 0.25) is 0 Å². The first-order valence-electron chi connectivity index (χ1n) is 11.0. The van der Waals surface area contributed by atoms with E-state index in [4.69, 9.17) is 0 Å². The normalized spacial score (nSPS) is 15.2. The molecule has 0 aliphatic heterocycles. The van der Waals surface area contributed by atoms with E-state index in [0.29, 0.717) is 0 Å². The molecule has 1 fully saturated rings. The van der Waals surface area contributed by atoms with Gasteiger partial charge in [0.25, 0.3) is 5.91 Å². The second-order valence-electron chi connectivity index (χ2n) is 8.24. The predicted octanol–water partition coefficient (Wildman–Crippen LogP) is 4.07. The second kappa shape index (κ2) is 10.5. The van der Waals surface area contributed by atoms with Gasteiger partial charge in [-0.1, -0.05) is 53.6 Å². The number of hydrogen-bond donors (Lipinski definition) is 1. The smallest absolute Gasteiger partial charge is 0.276 e. The average molecular weight is 450 g/mol. The molecular formula is C24H27N5O2S. The van der Waals surface area contributed by atoms with Gasteiger partial charge in [0.2, 0.25) is 5.91 Å². The highest BCUT2D eigenvalue weighted by atomic mass is 32.1. The molecule has 0 bridgehead atoms. The van der Waals surface area contributed by atoms with Crippen molar-refractivity contribution in [2.75, 3.05) is 0 Å². The summed E-state index contributed by atoms with van der Waals surface area (Å²) in [4.78, 5) is 32.8. The molecule has 166 valence electrons. The molecule has 1 saturated carbocycles. The topological polar surface area (TPSA) is 88.1 Å². The van der Waals surface area contributed by atoms with Crippen LogP contribution < -0.4 is 5.32 Å². The maximum atomic E-state index is 13.6. The molecule has 32 heavy (non-hydrogen) atoms. The van der Waals surface area contributed by atoms with Gasteiger partial charge < -0.3 is 10.2 Å². The van der Waals surface area contributed by atoms with Crippen molar-refractivity contribution in [2.45, 2.75) is 57.7 Å². The fourth-order valence-electron chi connectivity index (χ4n) is 4.12. The molecule has 2 heterocycles. The Labute approximate surface area is 192 Å². The fourth-order valence-corrected chi connectivity index (χ4v) is 4.55. The minimum atomic E-state index is -0.796. The molecule has 1 atom stereocenters. The Kier molecular flexibility index (Phi) is 7.21. The molecule has 1 aromatic carbocycles. The molecule has 0 spiro atoms. The van der Waals surface area contributed by atoms with E-state index < -0.39 is 6.04 Å². The van der Waals surface area contributed by atoms with Crippen LogP contribution in [0.1, 0.15) is 65.3 Å². The summed E-state index contributed by atoms with van der Waals surface area (Å²) in [5, 5.41) is 8.80. The Morgan fingerprint density at radius 3 is 2.47 bits per heavy atom. The SMILES string of the molecule is Cc1ccc(CN(C(=O)c2csnn2)[C@@H](C(=O)NC2CCCCC2)c2ccncc2)cc1. The van der Waals surface area contributed by atoms with Crippen molar-refractivity contribution >= 4 is 23.3 Å². The lowest BCUT2D eigenvalue weighted by atomic mass is 9.94. The van der Waals surface area contributed by atoms with Crippen LogP contribution >= 0.6 is 11.5 Å². The first kappa shape index (κ1) is 22.1. The molecule has 4 rings (SSSR count). The fraction of sp³-hybridized carbons (Fsp3) is 0.375. The zero-order valence-corrected chi connectivity index (χ0v) is 18.9. The van der Waals surface area contributed by atoms with Crippen LogP contribution in [0.4, 0.5) is 0 Å². The largest absolute Gasteiger partial charge is 0.351 e. The Morgan fingerprint density at radius 1 is 1.09 bits per heavy atom. The lowest BCUT2D eigenvalue weighted by molar-refractivity contribution is -0.127. The lowest BCUT2D eigenvalue weighted by Crippen LogP contribution is -2.47. The minimum Gasteiger partial charge on any atom is -0.351 e. The number of aromatic nitrogens is 3. The Balaban J connectivity index is 1.70. The summed E-state index contributed by atoms with van der Waals surface area (Å²) in [5.74, 6) is -0.494. The van der Waals surface area contributed by atoms with Crippen molar-refractivity contribution in [3.63, 3.8) is 0 Å². The summed E-state index contributed by atoms with van der Waals surface area (Å²) in [7, 11) is 0. The summed E-state index contributed by atoms with van der Waals surface area (Å²) in [6, 6.07) is 10.9. The summed E-state index contributed by atoms with van der Waals surface area (Å²) >= 11 is 1.12. The highest BCUT2D eigenvalue weighted by molar-refractivity contribution is 7.03. The molecule has 0 radical (unpaired) electrons. The Morgan fingerprint density at radius 2 is 1.81 bits per heavy atom. The lowest BCUT2D eigenvalue weighted by Gasteiger charge is -2.33. The number of carbonyl (C=O) groups is 2. The first-order chi connectivity index (χ1) is 15.6. The number of pyridine rings is 1. The molecule has 1 aliphatic rings. The summed E-state index contributed by atoms with van der Waals surface area (Å²) in [5.41, 5.74) is 3.04. The van der Waals surface area contributed by atoms with E-state index in [0.717, 1.165) is 53.9 Å². The van der Waals surface area contributed by atoms with Gasteiger partial charge in [-0.05, 0) is 54.6 Å². The summed E-state index contributed by atoms with van der Waals surface area (Å²) < 4.78 is 3.85. The highest BCUT2D eigenvalue weighted by Crippen LogP contribution is 2.27. The summed E-state index contributed by atoms with van der Waals surface area (Å²) in [6.45, 7) is 2.30. The first-order valence-corrected chi connectivity index (χ1v) is 11.8. The minimum absolute atomic E-state index is 0.137. The molecule has 2 amide bonds. The molecule has 0 saturated heterocycles. The average Bonchev–Trinajstić information content (AvgIpc) is 3.36. The molecule has 8 heteroatoms. The van der Waals surface area contributed by atoms with Gasteiger partial charge in [-0.2, -0.15) is 0 Å². The molecule has 7 nitrogen and oxygen atoms in total. The van der Waals surface area contributed by atoms with Gasteiger partial charge in [0, 0.05) is 30.4 Å². The van der Waals surface area contributed by atoms with Crippen LogP contribution in [0.3, 0.4) is 0 Å². The quantitative estimate of drug-likeness (QED) is 0.587. The highest BCUT2D eigenvalue weighted by Gasteiger charge is 2.34. The second-order valence-corrected chi connectivity index (χ2v) is 8.85. The number of nitrogens with zero attached hydrogens (tertiary/aromatic N) is 4. The molecule has 1 aliphatic carbocycles. The van der Waals surface area contributed by atoms with Gasteiger partial charge >= 0.3 is 0 Å². The zero-order chi connectivity index (χ0) is 22.3. The standard InChI is InChI=1S/C24H27N5O2S/c1-17-7-9-18(10-8-17)15-29(24(31)21-16-32-28-27-21)22(19-11-13-25-14-12-19)23(30)26-20-5-3-2-4-6-20/h7-14,16,20,22H,2-6,15H2,1H3,(H,26,30)/t22-/m1/s1. The van der Waals surface area contributed by atoms with Crippen molar-refractivity contribution in [3.05, 3.63) is 76.6 Å². The third-order valence-electron chi connectivity index (χ3n) is 5.85.